The van der Waals surface area contributed by atoms with Crippen LogP contribution >= 0.6 is 0 Å². The molecule has 0 heterocycles. The van der Waals surface area contributed by atoms with Crippen molar-refractivity contribution in [2.75, 3.05) is 6.61 Å². The normalized spacial score (nSPS) is 13.7. The molecule has 0 saturated heterocycles. The average molecular weight is 951 g/mol. The lowest BCUT2D eigenvalue weighted by molar-refractivity contribution is -0.151. The second-order valence-corrected chi connectivity index (χ2v) is 19.8. The molecule has 0 aromatic rings. The highest BCUT2D eigenvalue weighted by Gasteiger charge is 2.24. The zero-order chi connectivity index (χ0) is 49.5. The van der Waals surface area contributed by atoms with Gasteiger partial charge in [-0.1, -0.05) is 306 Å². The third kappa shape index (κ3) is 49.7. The molecule has 0 fully saturated rings. The van der Waals surface area contributed by atoms with Gasteiger partial charge >= 0.3 is 5.97 Å². The third-order valence-electron chi connectivity index (χ3n) is 13.2. The molecule has 0 saturated carbocycles. The first-order valence-electron chi connectivity index (χ1n) is 29.2. The number of carbonyl (C=O) groups is 2. The topological polar surface area (TPSA) is 95.9 Å². The first kappa shape index (κ1) is 65.3. The summed E-state index contributed by atoms with van der Waals surface area (Å²) in [6.07, 6.45) is 71.2. The number of carbonyl (C=O) groups excluding carboxylic acids is 2. The lowest BCUT2D eigenvalue weighted by Gasteiger charge is -2.24. The number of allylic oxidation sites excluding steroid dienone is 12. The number of ether oxygens (including phenoxy) is 1. The van der Waals surface area contributed by atoms with Crippen molar-refractivity contribution in [2.24, 2.45) is 0 Å². The minimum atomic E-state index is -0.810. The van der Waals surface area contributed by atoms with Gasteiger partial charge in [0, 0.05) is 6.42 Å². The third-order valence-corrected chi connectivity index (χ3v) is 13.2. The van der Waals surface area contributed by atoms with Gasteiger partial charge in [-0.15, -0.1) is 0 Å². The molecule has 0 spiro atoms. The van der Waals surface area contributed by atoms with E-state index in [4.69, 9.17) is 4.74 Å². The standard InChI is InChI=1S/C62H111NO5/c1-4-7-10-13-16-19-22-25-28-30-33-36-39-42-45-48-51-54-60(65)59(57-64)63-61(66)56-58(53-50-47-44-41-38-35-32-27-24-21-18-15-12-9-6-3)68-62(67)55-52-49-46-43-40-37-34-31-29-26-23-20-17-14-11-8-5-2/h9,12,15,18,21,24,27,32,35,38,41,44,58-60,64-65H,4-8,10-11,13-14,16-17,19-20,22-23,25-26,28-31,33-34,36-37,39-40,42-43,45-57H2,1-3H3,(H,63,66)/b12-9-,18-15+,24-21+,32-27-,38-35+,44-41+. The van der Waals surface area contributed by atoms with E-state index in [1.165, 1.54) is 180 Å². The monoisotopic (exact) mass is 950 g/mol. The molecule has 1 amide bonds. The smallest absolute Gasteiger partial charge is 0.306 e. The molecule has 3 atom stereocenters. The van der Waals surface area contributed by atoms with E-state index < -0.39 is 18.2 Å². The molecule has 394 valence electrons. The second-order valence-electron chi connectivity index (χ2n) is 19.8. The van der Waals surface area contributed by atoms with Crippen molar-refractivity contribution in [3.63, 3.8) is 0 Å². The van der Waals surface area contributed by atoms with Gasteiger partial charge in [-0.25, -0.2) is 0 Å². The van der Waals surface area contributed by atoms with Crippen molar-refractivity contribution >= 4 is 11.9 Å². The molecule has 0 aliphatic rings. The maximum atomic E-state index is 13.3. The Bertz CT molecular complexity index is 1250. The molecule has 0 aromatic heterocycles. The molecule has 0 aromatic carbocycles. The van der Waals surface area contributed by atoms with Gasteiger partial charge in [0.05, 0.1) is 25.2 Å². The summed E-state index contributed by atoms with van der Waals surface area (Å²) in [5.74, 6) is -0.540. The van der Waals surface area contributed by atoms with Gasteiger partial charge in [-0.05, 0) is 38.5 Å². The number of aliphatic hydroxyl groups is 2. The van der Waals surface area contributed by atoms with Gasteiger partial charge in [-0.2, -0.15) is 0 Å². The SMILES string of the molecule is CC\C=C/C=C/C=C/C=C\C=C\C=C\CCCC(CC(=O)NC(CO)C(O)CCCCCCCCCCCCCCCCCCC)OC(=O)CCCCCCCCCCCCCCCCCCC. The number of unbranched alkanes of at least 4 members (excludes halogenated alkanes) is 33. The fourth-order valence-electron chi connectivity index (χ4n) is 8.82. The Morgan fingerprint density at radius 1 is 0.441 bits per heavy atom. The zero-order valence-electron chi connectivity index (χ0n) is 45.0. The van der Waals surface area contributed by atoms with Crippen LogP contribution in [-0.4, -0.2) is 46.9 Å². The molecule has 0 rings (SSSR count). The quantitative estimate of drug-likeness (QED) is 0.0321. The number of hydrogen-bond acceptors (Lipinski definition) is 5. The van der Waals surface area contributed by atoms with Crippen molar-refractivity contribution < 1.29 is 24.5 Å². The lowest BCUT2D eigenvalue weighted by Crippen LogP contribution is -2.46. The van der Waals surface area contributed by atoms with Crippen LogP contribution in [0.25, 0.3) is 0 Å². The molecule has 0 aliphatic carbocycles. The van der Waals surface area contributed by atoms with Crippen molar-refractivity contribution in [3.8, 4) is 0 Å². The van der Waals surface area contributed by atoms with Gasteiger partial charge < -0.3 is 20.3 Å². The van der Waals surface area contributed by atoms with Crippen molar-refractivity contribution in [3.05, 3.63) is 72.9 Å². The van der Waals surface area contributed by atoms with Crippen molar-refractivity contribution in [1.29, 1.82) is 0 Å². The van der Waals surface area contributed by atoms with Crippen LogP contribution in [0, 0.1) is 0 Å². The van der Waals surface area contributed by atoms with Gasteiger partial charge in [0.15, 0.2) is 0 Å². The summed E-state index contributed by atoms with van der Waals surface area (Å²) < 4.78 is 5.92. The fourth-order valence-corrected chi connectivity index (χ4v) is 8.82. The Kier molecular flexibility index (Phi) is 53.0. The Morgan fingerprint density at radius 2 is 0.794 bits per heavy atom. The summed E-state index contributed by atoms with van der Waals surface area (Å²) in [5.41, 5.74) is 0. The number of esters is 1. The summed E-state index contributed by atoms with van der Waals surface area (Å²) in [7, 11) is 0. The van der Waals surface area contributed by atoms with E-state index in [1.54, 1.807) is 0 Å². The van der Waals surface area contributed by atoms with E-state index in [1.807, 2.05) is 60.8 Å². The molecule has 0 radical (unpaired) electrons. The fraction of sp³-hybridized carbons (Fsp3) is 0.774. The molecule has 6 nitrogen and oxygen atoms in total. The number of aliphatic hydroxyl groups excluding tert-OH is 2. The largest absolute Gasteiger partial charge is 0.462 e. The van der Waals surface area contributed by atoms with Crippen LogP contribution in [-0.2, 0) is 14.3 Å². The molecule has 0 bridgehead atoms. The number of rotatable bonds is 52. The van der Waals surface area contributed by atoms with E-state index >= 15 is 0 Å². The Morgan fingerprint density at radius 3 is 1.18 bits per heavy atom. The molecule has 0 aliphatic heterocycles. The minimum absolute atomic E-state index is 0.0269. The van der Waals surface area contributed by atoms with Crippen molar-refractivity contribution in [1.82, 2.24) is 5.32 Å². The predicted molar refractivity (Wildman–Crippen MR) is 296 cm³/mol. The summed E-state index contributed by atoms with van der Waals surface area (Å²) >= 11 is 0. The highest BCUT2D eigenvalue weighted by atomic mass is 16.5. The highest BCUT2D eigenvalue weighted by molar-refractivity contribution is 5.77. The first-order chi connectivity index (χ1) is 33.5. The summed E-state index contributed by atoms with van der Waals surface area (Å²) in [6.45, 7) is 6.35. The summed E-state index contributed by atoms with van der Waals surface area (Å²) in [4.78, 5) is 26.3. The van der Waals surface area contributed by atoms with Crippen LogP contribution in [0.2, 0.25) is 0 Å². The Hall–Kier alpha value is -2.70. The zero-order valence-corrected chi connectivity index (χ0v) is 45.0. The van der Waals surface area contributed by atoms with E-state index in [0.717, 1.165) is 57.8 Å². The van der Waals surface area contributed by atoms with Crippen LogP contribution < -0.4 is 5.32 Å². The summed E-state index contributed by atoms with van der Waals surface area (Å²) in [5, 5.41) is 23.9. The van der Waals surface area contributed by atoms with E-state index in [9.17, 15) is 19.8 Å². The van der Waals surface area contributed by atoms with Crippen LogP contribution in [0.4, 0.5) is 0 Å². The van der Waals surface area contributed by atoms with Gasteiger partial charge in [0.25, 0.3) is 0 Å². The lowest BCUT2D eigenvalue weighted by atomic mass is 10.0. The maximum absolute atomic E-state index is 13.3. The van der Waals surface area contributed by atoms with Crippen LogP contribution in [0.3, 0.4) is 0 Å². The van der Waals surface area contributed by atoms with E-state index in [2.05, 4.69) is 38.2 Å². The Balaban J connectivity index is 4.62. The summed E-state index contributed by atoms with van der Waals surface area (Å²) in [6, 6.07) is -0.728. The minimum Gasteiger partial charge on any atom is -0.462 e. The Labute approximate surface area is 421 Å². The van der Waals surface area contributed by atoms with Crippen molar-refractivity contribution in [2.45, 2.75) is 302 Å². The molecular weight excluding hydrogens is 839 g/mol. The molecule has 3 unspecified atom stereocenters. The highest BCUT2D eigenvalue weighted by Crippen LogP contribution is 2.18. The van der Waals surface area contributed by atoms with Gasteiger partial charge in [-0.3, -0.25) is 9.59 Å². The van der Waals surface area contributed by atoms with Gasteiger partial charge in [0.1, 0.15) is 6.10 Å². The van der Waals surface area contributed by atoms with Crippen LogP contribution in [0.1, 0.15) is 284 Å². The number of hydrogen-bond donors (Lipinski definition) is 3. The first-order valence-corrected chi connectivity index (χ1v) is 29.2. The van der Waals surface area contributed by atoms with E-state index in [0.29, 0.717) is 19.3 Å². The number of nitrogens with one attached hydrogen (secondary N) is 1. The van der Waals surface area contributed by atoms with Gasteiger partial charge in [0.2, 0.25) is 5.91 Å². The van der Waals surface area contributed by atoms with Crippen LogP contribution in [0.5, 0.6) is 0 Å². The van der Waals surface area contributed by atoms with E-state index in [-0.39, 0.29) is 24.9 Å². The maximum Gasteiger partial charge on any atom is 0.306 e. The predicted octanol–water partition coefficient (Wildman–Crippen LogP) is 18.1. The molecular formula is C62H111NO5. The van der Waals surface area contributed by atoms with Crippen LogP contribution in [0.15, 0.2) is 72.9 Å². The molecule has 6 heteroatoms. The average Bonchev–Trinajstić information content (AvgIpc) is 3.33. The number of amides is 1. The molecule has 3 N–H and O–H groups in total. The second kappa shape index (κ2) is 55.2. The molecule has 68 heavy (non-hydrogen) atoms.